The van der Waals surface area contributed by atoms with Crippen LogP contribution in [-0.2, 0) is 13.0 Å². The van der Waals surface area contributed by atoms with Crippen LogP contribution < -0.4 is 4.80 Å². The quantitative estimate of drug-likeness (QED) is 0.478. The highest BCUT2D eigenvalue weighted by molar-refractivity contribution is 7.99. The molecule has 142 valence electrons. The maximum absolute atomic E-state index is 12.8. The van der Waals surface area contributed by atoms with Gasteiger partial charge in [0, 0.05) is 22.8 Å². The van der Waals surface area contributed by atoms with Crippen molar-refractivity contribution < 1.29 is 4.79 Å². The minimum absolute atomic E-state index is 0.172. The smallest absolute Gasteiger partial charge is 0.279 e. The number of nitrogens with zero attached hydrogens (tertiary/aromatic N) is 2. The first-order valence-electron chi connectivity index (χ1n) is 9.09. The van der Waals surface area contributed by atoms with Gasteiger partial charge in [-0.15, -0.1) is 11.8 Å². The molecule has 0 aliphatic rings. The summed E-state index contributed by atoms with van der Waals surface area (Å²) in [6, 6.07) is 14.3. The van der Waals surface area contributed by atoms with Crippen LogP contribution in [-0.4, -0.2) is 28.2 Å². The van der Waals surface area contributed by atoms with Crippen LogP contribution in [0.1, 0.15) is 29.8 Å². The predicted molar refractivity (Wildman–Crippen MR) is 120 cm³/mol. The molecule has 0 spiro atoms. The third-order valence-corrected chi connectivity index (χ3v) is 6.77. The summed E-state index contributed by atoms with van der Waals surface area (Å²) in [7, 11) is 0. The lowest BCUT2D eigenvalue weighted by molar-refractivity contribution is 0.0997. The highest BCUT2D eigenvalue weighted by atomic mass is 32.2. The molecule has 2 aromatic carbocycles. The first kappa shape index (κ1) is 20.2. The summed E-state index contributed by atoms with van der Waals surface area (Å²) in [5.41, 5.74) is 3.12. The molecule has 1 amide bonds. The van der Waals surface area contributed by atoms with Gasteiger partial charge in [0.1, 0.15) is 0 Å². The average molecular weight is 417 g/mol. The molecule has 3 rings (SSSR count). The molecule has 0 atom stereocenters. The number of aryl methyl sites for hydroxylation is 2. The number of fused-ring (bicyclic) bond motifs is 1. The van der Waals surface area contributed by atoms with Gasteiger partial charge in [0.05, 0.1) is 10.2 Å². The molecule has 0 fully saturated rings. The largest absolute Gasteiger partial charge is 0.316 e. The Morgan fingerprint density at radius 2 is 2.04 bits per heavy atom. The Hall–Kier alpha value is -1.50. The molecule has 1 heterocycles. The van der Waals surface area contributed by atoms with E-state index in [1.54, 1.807) is 34.9 Å². The number of carbonyl (C=O) groups excluding carboxylic acids is 1. The van der Waals surface area contributed by atoms with E-state index in [1.807, 2.05) is 24.3 Å². The van der Waals surface area contributed by atoms with E-state index in [4.69, 9.17) is 0 Å². The molecule has 0 aliphatic heterocycles. The number of hydrogen-bond donors (Lipinski definition) is 0. The highest BCUT2D eigenvalue weighted by Crippen LogP contribution is 2.21. The average Bonchev–Trinajstić information content (AvgIpc) is 3.02. The Bertz CT molecular complexity index is 1000. The first-order chi connectivity index (χ1) is 13.2. The van der Waals surface area contributed by atoms with Crippen molar-refractivity contribution in [2.45, 2.75) is 31.7 Å². The van der Waals surface area contributed by atoms with Crippen LogP contribution in [0.4, 0.5) is 0 Å². The van der Waals surface area contributed by atoms with Gasteiger partial charge in [-0.3, -0.25) is 4.79 Å². The first-order valence-corrected chi connectivity index (χ1v) is 12.3. The van der Waals surface area contributed by atoms with Crippen molar-refractivity contribution in [3.8, 4) is 0 Å². The van der Waals surface area contributed by atoms with Gasteiger partial charge >= 0.3 is 0 Å². The standard InChI is InChI=1S/C21H24N2OS3/c1-4-15-9-10-18-19(13-15)27-21(23(18)11-12-25-3)22-20(24)16-7-6-8-17(14-16)26-5-2/h6-10,13-14H,4-5,11-12H2,1-3H3. The van der Waals surface area contributed by atoms with Crippen molar-refractivity contribution in [2.24, 2.45) is 4.99 Å². The second-order valence-electron chi connectivity index (χ2n) is 6.06. The van der Waals surface area contributed by atoms with Crippen LogP contribution in [0.3, 0.4) is 0 Å². The van der Waals surface area contributed by atoms with E-state index in [2.05, 4.69) is 47.9 Å². The molecule has 0 radical (unpaired) electrons. The molecular formula is C21H24N2OS3. The zero-order valence-electron chi connectivity index (χ0n) is 15.9. The molecule has 6 heteroatoms. The van der Waals surface area contributed by atoms with Crippen molar-refractivity contribution in [3.05, 3.63) is 58.4 Å². The number of hydrogen-bond acceptors (Lipinski definition) is 4. The molecule has 0 aliphatic carbocycles. The normalized spacial score (nSPS) is 12.0. The molecule has 0 bridgehead atoms. The number of benzene rings is 2. The number of carbonyl (C=O) groups is 1. The van der Waals surface area contributed by atoms with E-state index in [1.165, 1.54) is 10.3 Å². The second-order valence-corrected chi connectivity index (χ2v) is 9.39. The summed E-state index contributed by atoms with van der Waals surface area (Å²) in [5, 5.41) is 0. The van der Waals surface area contributed by atoms with Crippen molar-refractivity contribution in [2.75, 3.05) is 17.8 Å². The number of thioether (sulfide) groups is 2. The Kier molecular flexibility index (Phi) is 7.21. The van der Waals surface area contributed by atoms with E-state index >= 15 is 0 Å². The van der Waals surface area contributed by atoms with Crippen LogP contribution in [0, 0.1) is 0 Å². The zero-order valence-corrected chi connectivity index (χ0v) is 18.3. The maximum atomic E-state index is 12.8. The maximum Gasteiger partial charge on any atom is 0.279 e. The van der Waals surface area contributed by atoms with Crippen LogP contribution in [0.2, 0.25) is 0 Å². The lowest BCUT2D eigenvalue weighted by atomic mass is 10.2. The lowest BCUT2D eigenvalue weighted by Gasteiger charge is -2.04. The fourth-order valence-electron chi connectivity index (χ4n) is 2.86. The monoisotopic (exact) mass is 416 g/mol. The fraction of sp³-hybridized carbons (Fsp3) is 0.333. The minimum atomic E-state index is -0.172. The molecule has 0 saturated heterocycles. The van der Waals surface area contributed by atoms with Gasteiger partial charge in [-0.1, -0.05) is 37.3 Å². The third-order valence-electron chi connectivity index (χ3n) is 4.26. The number of thiazole rings is 1. The van der Waals surface area contributed by atoms with Gasteiger partial charge in [-0.25, -0.2) is 0 Å². The third kappa shape index (κ3) is 4.86. The van der Waals surface area contributed by atoms with Crippen molar-refractivity contribution in [1.82, 2.24) is 4.57 Å². The molecular weight excluding hydrogens is 392 g/mol. The lowest BCUT2D eigenvalue weighted by Crippen LogP contribution is -2.18. The summed E-state index contributed by atoms with van der Waals surface area (Å²) in [6.45, 7) is 5.12. The zero-order chi connectivity index (χ0) is 19.2. The number of amides is 1. The van der Waals surface area contributed by atoms with Crippen LogP contribution in [0.5, 0.6) is 0 Å². The van der Waals surface area contributed by atoms with Gasteiger partial charge < -0.3 is 4.57 Å². The molecule has 1 aromatic heterocycles. The summed E-state index contributed by atoms with van der Waals surface area (Å²) in [6.07, 6.45) is 3.11. The van der Waals surface area contributed by atoms with Crippen molar-refractivity contribution in [1.29, 1.82) is 0 Å². The van der Waals surface area contributed by atoms with Gasteiger partial charge in [0.2, 0.25) is 0 Å². The SMILES string of the molecule is CCSc1cccc(C(=O)N=c2sc3cc(CC)ccc3n2CCSC)c1. The van der Waals surface area contributed by atoms with Crippen molar-refractivity contribution >= 4 is 51.0 Å². The topological polar surface area (TPSA) is 34.4 Å². The Balaban J connectivity index is 2.05. The van der Waals surface area contributed by atoms with E-state index in [0.29, 0.717) is 5.56 Å². The molecule has 0 saturated carbocycles. The molecule has 3 nitrogen and oxygen atoms in total. The van der Waals surface area contributed by atoms with Gasteiger partial charge in [0.25, 0.3) is 5.91 Å². The Morgan fingerprint density at radius 3 is 2.78 bits per heavy atom. The summed E-state index contributed by atoms with van der Waals surface area (Å²) >= 11 is 5.14. The van der Waals surface area contributed by atoms with Crippen LogP contribution in [0.25, 0.3) is 10.2 Å². The summed E-state index contributed by atoms with van der Waals surface area (Å²) in [5.74, 6) is 1.80. The van der Waals surface area contributed by atoms with E-state index < -0.39 is 0 Å². The van der Waals surface area contributed by atoms with Crippen molar-refractivity contribution in [3.63, 3.8) is 0 Å². The number of aromatic nitrogens is 1. The second kappa shape index (κ2) is 9.62. The predicted octanol–water partition coefficient (Wildman–Crippen LogP) is 5.48. The minimum Gasteiger partial charge on any atom is -0.316 e. The van der Waals surface area contributed by atoms with E-state index in [-0.39, 0.29) is 5.91 Å². The summed E-state index contributed by atoms with van der Waals surface area (Å²) < 4.78 is 3.37. The number of rotatable bonds is 7. The molecule has 0 N–H and O–H groups in total. The summed E-state index contributed by atoms with van der Waals surface area (Å²) in [4.78, 5) is 19.2. The fourth-order valence-corrected chi connectivity index (χ4v) is 5.06. The van der Waals surface area contributed by atoms with Gasteiger partial charge in [0.15, 0.2) is 4.80 Å². The highest BCUT2D eigenvalue weighted by Gasteiger charge is 2.10. The molecule has 0 unspecified atom stereocenters. The van der Waals surface area contributed by atoms with Crippen LogP contribution in [0.15, 0.2) is 52.4 Å². The van der Waals surface area contributed by atoms with E-state index in [0.717, 1.165) is 39.7 Å². The van der Waals surface area contributed by atoms with Gasteiger partial charge in [-0.05, 0) is 54.3 Å². The van der Waals surface area contributed by atoms with Crippen LogP contribution >= 0.6 is 34.9 Å². The molecule has 27 heavy (non-hydrogen) atoms. The van der Waals surface area contributed by atoms with E-state index in [9.17, 15) is 4.79 Å². The van der Waals surface area contributed by atoms with Gasteiger partial charge in [-0.2, -0.15) is 16.8 Å². The Morgan fingerprint density at radius 1 is 1.19 bits per heavy atom. The molecule has 3 aromatic rings. The Labute approximate surface area is 172 Å².